The molecule has 1 aromatic rings. The van der Waals surface area contributed by atoms with E-state index in [2.05, 4.69) is 41.0 Å². The highest BCUT2D eigenvalue weighted by molar-refractivity contribution is 5.58. The fourth-order valence-corrected chi connectivity index (χ4v) is 2.99. The van der Waals surface area contributed by atoms with Gasteiger partial charge in [0.15, 0.2) is 0 Å². The third-order valence-corrected chi connectivity index (χ3v) is 4.25. The summed E-state index contributed by atoms with van der Waals surface area (Å²) in [5, 5.41) is 0. The fraction of sp³-hybridized carbons (Fsp3) is 0.733. The highest BCUT2D eigenvalue weighted by Crippen LogP contribution is 2.25. The third-order valence-electron chi connectivity index (χ3n) is 4.25. The van der Waals surface area contributed by atoms with Crippen LogP contribution in [0.4, 0.5) is 11.6 Å². The summed E-state index contributed by atoms with van der Waals surface area (Å²) in [5.74, 6) is 8.27. The first-order chi connectivity index (χ1) is 10.1. The van der Waals surface area contributed by atoms with Crippen LogP contribution in [-0.2, 0) is 6.42 Å². The van der Waals surface area contributed by atoms with Gasteiger partial charge in [-0.25, -0.2) is 15.8 Å². The van der Waals surface area contributed by atoms with Crippen molar-refractivity contribution >= 4 is 11.6 Å². The molecule has 0 saturated carbocycles. The Morgan fingerprint density at radius 3 is 2.62 bits per heavy atom. The van der Waals surface area contributed by atoms with Gasteiger partial charge >= 0.3 is 0 Å². The number of likely N-dealkylation sites (N-methyl/N-ethyl adjacent to an activating group) is 1. The van der Waals surface area contributed by atoms with Gasteiger partial charge in [0.25, 0.3) is 0 Å². The number of aromatic nitrogens is 2. The average Bonchev–Trinajstić information content (AvgIpc) is 2.49. The number of nitrogen functional groups attached to an aromatic ring is 1. The first-order valence-corrected chi connectivity index (χ1v) is 7.93. The molecular weight excluding hydrogens is 264 g/mol. The number of hydrazine groups is 1. The zero-order chi connectivity index (χ0) is 15.4. The molecule has 1 saturated heterocycles. The standard InChI is InChI=1S/C15H28N6/c1-5-7-13-17-14(19-16)12(4)15(18-13)21-9-8-20(6-2)11(3)10-21/h11H,5-10,16H2,1-4H3,(H,17,18,19). The van der Waals surface area contributed by atoms with Gasteiger partial charge in [-0.2, -0.15) is 0 Å². The Kier molecular flexibility index (Phi) is 5.36. The highest BCUT2D eigenvalue weighted by Gasteiger charge is 2.25. The minimum absolute atomic E-state index is 0.544. The third kappa shape index (κ3) is 3.44. The van der Waals surface area contributed by atoms with Crippen LogP contribution in [-0.4, -0.2) is 47.1 Å². The lowest BCUT2D eigenvalue weighted by Crippen LogP contribution is -2.52. The SMILES string of the molecule is CCCc1nc(NN)c(C)c(N2CCN(CC)C(C)C2)n1. The maximum Gasteiger partial charge on any atom is 0.148 e. The van der Waals surface area contributed by atoms with Crippen LogP contribution < -0.4 is 16.2 Å². The monoisotopic (exact) mass is 292 g/mol. The molecule has 6 heteroatoms. The van der Waals surface area contributed by atoms with Gasteiger partial charge in [-0.15, -0.1) is 0 Å². The Morgan fingerprint density at radius 1 is 1.29 bits per heavy atom. The number of aryl methyl sites for hydroxylation is 1. The van der Waals surface area contributed by atoms with Gasteiger partial charge in [0.05, 0.1) is 0 Å². The summed E-state index contributed by atoms with van der Waals surface area (Å²) in [4.78, 5) is 14.2. The van der Waals surface area contributed by atoms with E-state index < -0.39 is 0 Å². The number of nitrogens with zero attached hydrogens (tertiary/aromatic N) is 4. The second-order valence-corrected chi connectivity index (χ2v) is 5.76. The van der Waals surface area contributed by atoms with Crippen molar-refractivity contribution in [1.29, 1.82) is 0 Å². The van der Waals surface area contributed by atoms with Crippen molar-refractivity contribution in [3.05, 3.63) is 11.4 Å². The van der Waals surface area contributed by atoms with Crippen LogP contribution in [0.3, 0.4) is 0 Å². The van der Waals surface area contributed by atoms with Gasteiger partial charge in [0.2, 0.25) is 0 Å². The molecule has 3 N–H and O–H groups in total. The molecule has 0 radical (unpaired) electrons. The molecule has 1 unspecified atom stereocenters. The van der Waals surface area contributed by atoms with Crippen molar-refractivity contribution < 1.29 is 0 Å². The zero-order valence-electron chi connectivity index (χ0n) is 13.7. The van der Waals surface area contributed by atoms with E-state index >= 15 is 0 Å². The molecule has 0 bridgehead atoms. The highest BCUT2D eigenvalue weighted by atomic mass is 15.3. The second kappa shape index (κ2) is 7.04. The van der Waals surface area contributed by atoms with E-state index in [0.717, 1.165) is 62.0 Å². The number of hydrogen-bond acceptors (Lipinski definition) is 6. The minimum atomic E-state index is 0.544. The van der Waals surface area contributed by atoms with Gasteiger partial charge in [0.1, 0.15) is 17.5 Å². The Hall–Kier alpha value is -1.40. The minimum Gasteiger partial charge on any atom is -0.353 e. The van der Waals surface area contributed by atoms with E-state index in [9.17, 15) is 0 Å². The topological polar surface area (TPSA) is 70.3 Å². The van der Waals surface area contributed by atoms with E-state index in [1.54, 1.807) is 0 Å². The number of nitrogens with one attached hydrogen (secondary N) is 1. The number of piperazine rings is 1. The molecule has 0 aromatic carbocycles. The maximum absolute atomic E-state index is 5.62. The van der Waals surface area contributed by atoms with E-state index in [1.165, 1.54) is 0 Å². The van der Waals surface area contributed by atoms with E-state index in [4.69, 9.17) is 10.8 Å². The zero-order valence-corrected chi connectivity index (χ0v) is 13.7. The van der Waals surface area contributed by atoms with Crippen molar-refractivity contribution in [3.63, 3.8) is 0 Å². The van der Waals surface area contributed by atoms with Gasteiger partial charge in [0, 0.05) is 37.7 Å². The van der Waals surface area contributed by atoms with Gasteiger partial charge in [-0.3, -0.25) is 4.90 Å². The van der Waals surface area contributed by atoms with E-state index in [-0.39, 0.29) is 0 Å². The Balaban J connectivity index is 2.28. The molecule has 0 amide bonds. The molecule has 0 aliphatic carbocycles. The van der Waals surface area contributed by atoms with Crippen molar-refractivity contribution in [2.24, 2.45) is 5.84 Å². The molecule has 1 aliphatic rings. The van der Waals surface area contributed by atoms with Gasteiger partial charge in [-0.05, 0) is 26.8 Å². The molecule has 0 spiro atoms. The largest absolute Gasteiger partial charge is 0.353 e. The lowest BCUT2D eigenvalue weighted by Gasteiger charge is -2.40. The van der Waals surface area contributed by atoms with Crippen molar-refractivity contribution in [3.8, 4) is 0 Å². The number of nitrogens with two attached hydrogens (primary N) is 1. The summed E-state index contributed by atoms with van der Waals surface area (Å²) in [5.41, 5.74) is 3.75. The van der Waals surface area contributed by atoms with E-state index in [0.29, 0.717) is 6.04 Å². The lowest BCUT2D eigenvalue weighted by molar-refractivity contribution is 0.199. The molecule has 1 fully saturated rings. The normalized spacial score (nSPS) is 19.9. The Labute approximate surface area is 127 Å². The summed E-state index contributed by atoms with van der Waals surface area (Å²) < 4.78 is 0. The predicted octanol–water partition coefficient (Wildman–Crippen LogP) is 1.55. The molecule has 2 heterocycles. The molecule has 118 valence electrons. The van der Waals surface area contributed by atoms with Crippen LogP contribution in [0.15, 0.2) is 0 Å². The maximum atomic E-state index is 5.62. The quantitative estimate of drug-likeness (QED) is 0.634. The second-order valence-electron chi connectivity index (χ2n) is 5.76. The summed E-state index contributed by atoms with van der Waals surface area (Å²) in [6.45, 7) is 12.9. The molecule has 6 nitrogen and oxygen atoms in total. The van der Waals surface area contributed by atoms with Gasteiger partial charge < -0.3 is 10.3 Å². The summed E-state index contributed by atoms with van der Waals surface area (Å²) in [7, 11) is 0. The van der Waals surface area contributed by atoms with E-state index in [1.807, 2.05) is 6.92 Å². The van der Waals surface area contributed by atoms with Crippen LogP contribution in [0.1, 0.15) is 38.6 Å². The van der Waals surface area contributed by atoms with Crippen molar-refractivity contribution in [2.75, 3.05) is 36.5 Å². The molecular formula is C15H28N6. The average molecular weight is 292 g/mol. The van der Waals surface area contributed by atoms with Crippen LogP contribution >= 0.6 is 0 Å². The Morgan fingerprint density at radius 2 is 2.05 bits per heavy atom. The molecule has 1 aromatic heterocycles. The van der Waals surface area contributed by atoms with Crippen LogP contribution in [0.5, 0.6) is 0 Å². The number of rotatable bonds is 5. The first kappa shape index (κ1) is 16.0. The summed E-state index contributed by atoms with van der Waals surface area (Å²) in [6.07, 6.45) is 1.92. The molecule has 1 aliphatic heterocycles. The first-order valence-electron chi connectivity index (χ1n) is 7.93. The molecule has 21 heavy (non-hydrogen) atoms. The van der Waals surface area contributed by atoms with Crippen molar-refractivity contribution in [1.82, 2.24) is 14.9 Å². The smallest absolute Gasteiger partial charge is 0.148 e. The molecule has 2 rings (SSSR count). The van der Waals surface area contributed by atoms with Gasteiger partial charge in [-0.1, -0.05) is 13.8 Å². The van der Waals surface area contributed by atoms with Crippen molar-refractivity contribution in [2.45, 2.75) is 46.6 Å². The lowest BCUT2D eigenvalue weighted by atomic mass is 10.1. The van der Waals surface area contributed by atoms with Crippen LogP contribution in [0, 0.1) is 6.92 Å². The summed E-state index contributed by atoms with van der Waals surface area (Å²) in [6, 6.07) is 0.544. The number of hydrogen-bond donors (Lipinski definition) is 2. The molecule has 1 atom stereocenters. The predicted molar refractivity (Wildman–Crippen MR) is 87.5 cm³/mol. The fourth-order valence-electron chi connectivity index (χ4n) is 2.99. The number of anilines is 2. The van der Waals surface area contributed by atoms with Crippen LogP contribution in [0.2, 0.25) is 0 Å². The van der Waals surface area contributed by atoms with Crippen LogP contribution in [0.25, 0.3) is 0 Å². The summed E-state index contributed by atoms with van der Waals surface area (Å²) >= 11 is 0. The Bertz CT molecular complexity index is 475.